The van der Waals surface area contributed by atoms with Gasteiger partial charge in [0.15, 0.2) is 11.5 Å². The number of fused-ring (bicyclic) bond motifs is 1. The van der Waals surface area contributed by atoms with Gasteiger partial charge in [0.1, 0.15) is 0 Å². The van der Waals surface area contributed by atoms with E-state index in [0.29, 0.717) is 29.4 Å². The lowest BCUT2D eigenvalue weighted by molar-refractivity contribution is 0.0899. The van der Waals surface area contributed by atoms with Gasteiger partial charge in [-0.1, -0.05) is 19.3 Å². The van der Waals surface area contributed by atoms with Crippen LogP contribution < -0.4 is 14.8 Å². The molecule has 5 heteroatoms. The van der Waals surface area contributed by atoms with E-state index in [1.165, 1.54) is 19.3 Å². The van der Waals surface area contributed by atoms with E-state index < -0.39 is 0 Å². The summed E-state index contributed by atoms with van der Waals surface area (Å²) in [5, 5.41) is 12.4. The first kappa shape index (κ1) is 15.2. The Bertz CT molecular complexity index is 525. The highest BCUT2D eigenvalue weighted by molar-refractivity contribution is 5.95. The van der Waals surface area contributed by atoms with E-state index in [4.69, 9.17) is 9.47 Å². The normalized spacial score (nSPS) is 19.0. The van der Waals surface area contributed by atoms with Crippen LogP contribution in [0.15, 0.2) is 18.2 Å². The Kier molecular flexibility index (Phi) is 4.83. The fourth-order valence-electron chi connectivity index (χ4n) is 3.39. The van der Waals surface area contributed by atoms with Crippen LogP contribution in [0.3, 0.4) is 0 Å². The van der Waals surface area contributed by atoms with Crippen molar-refractivity contribution < 1.29 is 19.4 Å². The zero-order valence-electron chi connectivity index (χ0n) is 12.7. The molecule has 1 unspecified atom stereocenters. The van der Waals surface area contributed by atoms with Crippen LogP contribution in [0.4, 0.5) is 0 Å². The number of nitrogens with one attached hydrogen (secondary N) is 1. The maximum Gasteiger partial charge on any atom is 0.251 e. The van der Waals surface area contributed by atoms with Crippen molar-refractivity contribution in [2.24, 2.45) is 5.92 Å². The molecule has 1 amide bonds. The second-order valence-corrected chi connectivity index (χ2v) is 6.06. The molecule has 0 spiro atoms. The van der Waals surface area contributed by atoms with E-state index in [1.54, 1.807) is 18.2 Å². The zero-order valence-corrected chi connectivity index (χ0v) is 12.7. The lowest BCUT2D eigenvalue weighted by atomic mass is 9.82. The van der Waals surface area contributed by atoms with E-state index in [9.17, 15) is 9.90 Å². The van der Waals surface area contributed by atoms with Gasteiger partial charge in [-0.25, -0.2) is 0 Å². The van der Waals surface area contributed by atoms with Crippen molar-refractivity contribution >= 4 is 5.91 Å². The maximum absolute atomic E-state index is 12.5. The van der Waals surface area contributed by atoms with Crippen LogP contribution in [-0.4, -0.2) is 30.5 Å². The van der Waals surface area contributed by atoms with E-state index >= 15 is 0 Å². The molecule has 1 heterocycles. The Balaban J connectivity index is 1.67. The van der Waals surface area contributed by atoms with Crippen LogP contribution >= 0.6 is 0 Å². The van der Waals surface area contributed by atoms with Crippen molar-refractivity contribution in [1.29, 1.82) is 0 Å². The minimum atomic E-state index is -0.109. The number of ether oxygens (including phenoxy) is 2. The largest absolute Gasteiger partial charge is 0.454 e. The Morgan fingerprint density at radius 3 is 2.77 bits per heavy atom. The van der Waals surface area contributed by atoms with Gasteiger partial charge in [-0.15, -0.1) is 0 Å². The third-order valence-electron chi connectivity index (χ3n) is 4.61. The Labute approximate surface area is 130 Å². The molecule has 0 saturated heterocycles. The molecular weight excluding hydrogens is 282 g/mol. The Morgan fingerprint density at radius 1 is 1.23 bits per heavy atom. The SMILES string of the molecule is O=C(NC(CCO)C1CCCCC1)c1ccc2c(c1)OCO2. The molecule has 0 bridgehead atoms. The standard InChI is InChI=1S/C17H23NO4/c19-9-8-14(12-4-2-1-3-5-12)18-17(20)13-6-7-15-16(10-13)22-11-21-15/h6-7,10,12,14,19H,1-5,8-9,11H2,(H,18,20). The van der Waals surface area contributed by atoms with Gasteiger partial charge < -0.3 is 19.9 Å². The van der Waals surface area contributed by atoms with E-state index in [0.717, 1.165) is 12.8 Å². The minimum Gasteiger partial charge on any atom is -0.454 e. The zero-order chi connectivity index (χ0) is 15.4. The first-order chi connectivity index (χ1) is 10.8. The summed E-state index contributed by atoms with van der Waals surface area (Å²) in [6.45, 7) is 0.304. The van der Waals surface area contributed by atoms with Gasteiger partial charge in [0.05, 0.1) is 0 Å². The fourth-order valence-corrected chi connectivity index (χ4v) is 3.39. The molecule has 1 aromatic carbocycles. The van der Waals surface area contributed by atoms with Gasteiger partial charge in [0.2, 0.25) is 6.79 Å². The summed E-state index contributed by atoms with van der Waals surface area (Å²) >= 11 is 0. The van der Waals surface area contributed by atoms with Crippen molar-refractivity contribution in [1.82, 2.24) is 5.32 Å². The second-order valence-electron chi connectivity index (χ2n) is 6.06. The predicted molar refractivity (Wildman–Crippen MR) is 82.1 cm³/mol. The topological polar surface area (TPSA) is 67.8 Å². The van der Waals surface area contributed by atoms with Crippen molar-refractivity contribution in [3.8, 4) is 11.5 Å². The summed E-state index contributed by atoms with van der Waals surface area (Å²) in [6.07, 6.45) is 6.58. The first-order valence-electron chi connectivity index (χ1n) is 8.09. The fraction of sp³-hybridized carbons (Fsp3) is 0.588. The average molecular weight is 305 g/mol. The monoisotopic (exact) mass is 305 g/mol. The van der Waals surface area contributed by atoms with Crippen molar-refractivity contribution in [2.45, 2.75) is 44.6 Å². The highest BCUT2D eigenvalue weighted by Crippen LogP contribution is 2.33. The summed E-state index contributed by atoms with van der Waals surface area (Å²) in [6, 6.07) is 5.27. The molecule has 5 nitrogen and oxygen atoms in total. The van der Waals surface area contributed by atoms with Gasteiger partial charge in [-0.3, -0.25) is 4.79 Å². The number of rotatable bonds is 5. The van der Waals surface area contributed by atoms with Crippen LogP contribution in [0.5, 0.6) is 11.5 Å². The minimum absolute atomic E-state index is 0.0447. The van der Waals surface area contributed by atoms with Gasteiger partial charge in [-0.2, -0.15) is 0 Å². The number of hydrogen-bond acceptors (Lipinski definition) is 4. The molecule has 1 atom stereocenters. The molecule has 1 fully saturated rings. The maximum atomic E-state index is 12.5. The van der Waals surface area contributed by atoms with E-state index in [2.05, 4.69) is 5.32 Å². The van der Waals surface area contributed by atoms with Crippen LogP contribution in [-0.2, 0) is 0 Å². The highest BCUT2D eigenvalue weighted by atomic mass is 16.7. The molecule has 22 heavy (non-hydrogen) atoms. The summed E-state index contributed by atoms with van der Waals surface area (Å²) < 4.78 is 10.6. The molecule has 1 aliphatic carbocycles. The van der Waals surface area contributed by atoms with E-state index in [-0.39, 0.29) is 25.3 Å². The van der Waals surface area contributed by atoms with Crippen molar-refractivity contribution in [3.63, 3.8) is 0 Å². The number of aliphatic hydroxyl groups excluding tert-OH is 1. The highest BCUT2D eigenvalue weighted by Gasteiger charge is 2.25. The van der Waals surface area contributed by atoms with Crippen LogP contribution in [0.25, 0.3) is 0 Å². The molecule has 2 aliphatic rings. The molecule has 120 valence electrons. The molecule has 2 N–H and O–H groups in total. The average Bonchev–Trinajstić information content (AvgIpc) is 3.02. The summed E-state index contributed by atoms with van der Waals surface area (Å²) in [5.41, 5.74) is 0.572. The second kappa shape index (κ2) is 7.01. The van der Waals surface area contributed by atoms with Crippen molar-refractivity contribution in [3.05, 3.63) is 23.8 Å². The third kappa shape index (κ3) is 3.35. The van der Waals surface area contributed by atoms with Gasteiger partial charge in [-0.05, 0) is 43.4 Å². The molecular formula is C17H23NO4. The first-order valence-corrected chi connectivity index (χ1v) is 8.09. The van der Waals surface area contributed by atoms with Gasteiger partial charge >= 0.3 is 0 Å². The van der Waals surface area contributed by atoms with Crippen LogP contribution in [0.2, 0.25) is 0 Å². The molecule has 1 aromatic rings. The lowest BCUT2D eigenvalue weighted by Crippen LogP contribution is -2.41. The summed E-state index contributed by atoms with van der Waals surface area (Å²) in [4.78, 5) is 12.5. The molecule has 0 radical (unpaired) electrons. The number of amides is 1. The number of aliphatic hydroxyl groups is 1. The predicted octanol–water partition coefficient (Wildman–Crippen LogP) is 2.48. The van der Waals surface area contributed by atoms with Crippen LogP contribution in [0, 0.1) is 5.92 Å². The Morgan fingerprint density at radius 2 is 2.00 bits per heavy atom. The summed E-state index contributed by atoms with van der Waals surface area (Å²) in [7, 11) is 0. The van der Waals surface area contributed by atoms with Gasteiger partial charge in [0.25, 0.3) is 5.91 Å². The van der Waals surface area contributed by atoms with Crippen molar-refractivity contribution in [2.75, 3.05) is 13.4 Å². The molecule has 1 saturated carbocycles. The number of benzene rings is 1. The number of hydrogen-bond donors (Lipinski definition) is 2. The third-order valence-corrected chi connectivity index (χ3v) is 4.61. The number of carbonyl (C=O) groups excluding carboxylic acids is 1. The quantitative estimate of drug-likeness (QED) is 0.877. The number of carbonyl (C=O) groups is 1. The van der Waals surface area contributed by atoms with E-state index in [1.807, 2.05) is 0 Å². The molecule has 0 aromatic heterocycles. The molecule has 3 rings (SSSR count). The van der Waals surface area contributed by atoms with Crippen LogP contribution in [0.1, 0.15) is 48.9 Å². The molecule has 1 aliphatic heterocycles. The lowest BCUT2D eigenvalue weighted by Gasteiger charge is -2.30. The Hall–Kier alpha value is -1.75. The summed E-state index contributed by atoms with van der Waals surface area (Å²) in [5.74, 6) is 1.65. The smallest absolute Gasteiger partial charge is 0.251 e. The van der Waals surface area contributed by atoms with Gasteiger partial charge in [0, 0.05) is 18.2 Å².